The molecule has 0 saturated heterocycles. The van der Waals surface area contributed by atoms with Crippen molar-refractivity contribution in [2.45, 2.75) is 32.6 Å². The summed E-state index contributed by atoms with van der Waals surface area (Å²) in [4.78, 5) is 0. The standard InChI is InChI=1S/C10H20ClNO2S/c1-9-2-4-10(5-3-9)8-12-15(13,14)7-6-11/h9-10,12H,2-8H2,1H3. The van der Waals surface area contributed by atoms with Gasteiger partial charge in [0, 0.05) is 12.4 Å². The molecule has 0 aromatic carbocycles. The molecule has 0 aliphatic heterocycles. The van der Waals surface area contributed by atoms with Crippen LogP contribution in [0.15, 0.2) is 0 Å². The summed E-state index contributed by atoms with van der Waals surface area (Å²) in [6.07, 6.45) is 4.74. The van der Waals surface area contributed by atoms with Crippen molar-refractivity contribution in [1.82, 2.24) is 4.72 Å². The Hall–Kier alpha value is 0.200. The highest BCUT2D eigenvalue weighted by Crippen LogP contribution is 2.27. The monoisotopic (exact) mass is 253 g/mol. The van der Waals surface area contributed by atoms with E-state index in [-0.39, 0.29) is 11.6 Å². The summed E-state index contributed by atoms with van der Waals surface area (Å²) < 4.78 is 25.3. The van der Waals surface area contributed by atoms with Crippen molar-refractivity contribution in [1.29, 1.82) is 0 Å². The Morgan fingerprint density at radius 1 is 1.27 bits per heavy atom. The minimum atomic E-state index is -3.13. The van der Waals surface area contributed by atoms with Gasteiger partial charge in [0.25, 0.3) is 0 Å². The van der Waals surface area contributed by atoms with Crippen LogP contribution in [0.1, 0.15) is 32.6 Å². The molecule has 5 heteroatoms. The molecule has 1 rings (SSSR count). The van der Waals surface area contributed by atoms with E-state index < -0.39 is 10.0 Å². The molecule has 0 heterocycles. The molecule has 1 fully saturated rings. The highest BCUT2D eigenvalue weighted by molar-refractivity contribution is 7.89. The maximum Gasteiger partial charge on any atom is 0.212 e. The van der Waals surface area contributed by atoms with Crippen molar-refractivity contribution in [2.24, 2.45) is 11.8 Å². The van der Waals surface area contributed by atoms with Crippen molar-refractivity contribution < 1.29 is 8.42 Å². The lowest BCUT2D eigenvalue weighted by Crippen LogP contribution is -2.33. The number of hydrogen-bond donors (Lipinski definition) is 1. The Morgan fingerprint density at radius 3 is 2.40 bits per heavy atom. The Balaban J connectivity index is 2.25. The van der Waals surface area contributed by atoms with E-state index >= 15 is 0 Å². The Morgan fingerprint density at radius 2 is 1.87 bits per heavy atom. The van der Waals surface area contributed by atoms with Gasteiger partial charge in [0.05, 0.1) is 5.75 Å². The molecule has 0 aromatic rings. The van der Waals surface area contributed by atoms with Crippen LogP contribution < -0.4 is 4.72 Å². The lowest BCUT2D eigenvalue weighted by atomic mass is 9.83. The third-order valence-electron chi connectivity index (χ3n) is 3.07. The van der Waals surface area contributed by atoms with Crippen molar-refractivity contribution in [3.8, 4) is 0 Å². The van der Waals surface area contributed by atoms with Crippen molar-refractivity contribution in [2.75, 3.05) is 18.2 Å². The van der Waals surface area contributed by atoms with Gasteiger partial charge < -0.3 is 0 Å². The second-order valence-corrected chi connectivity index (χ2v) is 6.79. The topological polar surface area (TPSA) is 46.2 Å². The van der Waals surface area contributed by atoms with Gasteiger partial charge in [-0.05, 0) is 24.7 Å². The first-order valence-electron chi connectivity index (χ1n) is 5.57. The van der Waals surface area contributed by atoms with E-state index in [9.17, 15) is 8.42 Å². The Kier molecular flexibility index (Phi) is 5.36. The summed E-state index contributed by atoms with van der Waals surface area (Å²) in [5, 5.41) is 0. The van der Waals surface area contributed by atoms with Crippen molar-refractivity contribution in [3.05, 3.63) is 0 Å². The molecular formula is C10H20ClNO2S. The molecule has 3 nitrogen and oxygen atoms in total. The molecule has 0 radical (unpaired) electrons. The highest BCUT2D eigenvalue weighted by atomic mass is 35.5. The molecule has 0 atom stereocenters. The van der Waals surface area contributed by atoms with Crippen LogP contribution in [-0.2, 0) is 10.0 Å². The number of hydrogen-bond acceptors (Lipinski definition) is 2. The molecule has 90 valence electrons. The van der Waals surface area contributed by atoms with Gasteiger partial charge in [-0.25, -0.2) is 13.1 Å². The minimum absolute atomic E-state index is 0.0255. The summed E-state index contributed by atoms with van der Waals surface area (Å²) in [5.74, 6) is 1.52. The van der Waals surface area contributed by atoms with Crippen LogP contribution in [0.2, 0.25) is 0 Å². The molecule has 0 bridgehead atoms. The Bertz CT molecular complexity index is 271. The Labute approximate surface area is 97.6 Å². The van der Waals surface area contributed by atoms with Gasteiger partial charge >= 0.3 is 0 Å². The molecule has 15 heavy (non-hydrogen) atoms. The third kappa shape index (κ3) is 5.18. The lowest BCUT2D eigenvalue weighted by molar-refractivity contribution is 0.290. The van der Waals surface area contributed by atoms with E-state index in [4.69, 9.17) is 11.6 Å². The molecule has 0 spiro atoms. The van der Waals surface area contributed by atoms with E-state index in [0.29, 0.717) is 12.5 Å². The van der Waals surface area contributed by atoms with E-state index in [1.807, 2.05) is 0 Å². The highest BCUT2D eigenvalue weighted by Gasteiger charge is 2.19. The lowest BCUT2D eigenvalue weighted by Gasteiger charge is -2.26. The minimum Gasteiger partial charge on any atom is -0.215 e. The molecule has 1 aliphatic carbocycles. The average molecular weight is 254 g/mol. The van der Waals surface area contributed by atoms with E-state index in [1.54, 1.807) is 0 Å². The summed E-state index contributed by atoms with van der Waals surface area (Å²) in [6, 6.07) is 0. The molecule has 1 N–H and O–H groups in total. The zero-order valence-electron chi connectivity index (χ0n) is 9.21. The zero-order valence-corrected chi connectivity index (χ0v) is 10.8. The predicted molar refractivity (Wildman–Crippen MR) is 63.6 cm³/mol. The summed E-state index contributed by atoms with van der Waals surface area (Å²) in [7, 11) is -3.13. The first-order chi connectivity index (χ1) is 7.03. The second kappa shape index (κ2) is 6.06. The molecule has 0 amide bonds. The predicted octanol–water partition coefficient (Wildman–Crippen LogP) is 1.97. The molecule has 1 aliphatic rings. The van der Waals surface area contributed by atoms with E-state index in [2.05, 4.69) is 11.6 Å². The van der Waals surface area contributed by atoms with E-state index in [0.717, 1.165) is 18.8 Å². The van der Waals surface area contributed by atoms with Gasteiger partial charge in [-0.3, -0.25) is 0 Å². The summed E-state index contributed by atoms with van der Waals surface area (Å²) in [6.45, 7) is 2.85. The number of nitrogens with one attached hydrogen (secondary N) is 1. The van der Waals surface area contributed by atoms with Crippen LogP contribution in [0, 0.1) is 11.8 Å². The van der Waals surface area contributed by atoms with Gasteiger partial charge in [0.2, 0.25) is 10.0 Å². The molecule has 1 saturated carbocycles. The molecule has 0 unspecified atom stereocenters. The number of rotatable bonds is 5. The number of sulfonamides is 1. The normalized spacial score (nSPS) is 27.9. The van der Waals surface area contributed by atoms with Crippen LogP contribution in [0.5, 0.6) is 0 Å². The molecular weight excluding hydrogens is 234 g/mol. The fraction of sp³-hybridized carbons (Fsp3) is 1.00. The van der Waals surface area contributed by atoms with Crippen molar-refractivity contribution in [3.63, 3.8) is 0 Å². The average Bonchev–Trinajstić information content (AvgIpc) is 2.17. The zero-order chi connectivity index (χ0) is 11.3. The maximum atomic E-state index is 11.3. The second-order valence-electron chi connectivity index (χ2n) is 4.48. The fourth-order valence-electron chi connectivity index (χ4n) is 1.95. The smallest absolute Gasteiger partial charge is 0.212 e. The van der Waals surface area contributed by atoms with E-state index in [1.165, 1.54) is 12.8 Å². The van der Waals surface area contributed by atoms with Gasteiger partial charge in [-0.15, -0.1) is 11.6 Å². The van der Waals surface area contributed by atoms with Crippen LogP contribution >= 0.6 is 11.6 Å². The van der Waals surface area contributed by atoms with Crippen LogP contribution in [-0.4, -0.2) is 26.6 Å². The van der Waals surface area contributed by atoms with Gasteiger partial charge in [0.15, 0.2) is 0 Å². The number of alkyl halides is 1. The summed E-state index contributed by atoms with van der Waals surface area (Å²) in [5.41, 5.74) is 0. The van der Waals surface area contributed by atoms with Crippen molar-refractivity contribution >= 4 is 21.6 Å². The molecule has 0 aromatic heterocycles. The SMILES string of the molecule is CC1CCC(CNS(=O)(=O)CCCl)CC1. The number of halogens is 1. The van der Waals surface area contributed by atoms with Crippen LogP contribution in [0.4, 0.5) is 0 Å². The van der Waals surface area contributed by atoms with Gasteiger partial charge in [-0.1, -0.05) is 19.8 Å². The fourth-order valence-corrected chi connectivity index (χ4v) is 3.40. The quantitative estimate of drug-likeness (QED) is 0.762. The summed E-state index contributed by atoms with van der Waals surface area (Å²) >= 11 is 5.41. The van der Waals surface area contributed by atoms with Gasteiger partial charge in [-0.2, -0.15) is 0 Å². The first kappa shape index (κ1) is 13.3. The van der Waals surface area contributed by atoms with Crippen LogP contribution in [0.3, 0.4) is 0 Å². The van der Waals surface area contributed by atoms with Crippen LogP contribution in [0.25, 0.3) is 0 Å². The third-order valence-corrected chi connectivity index (χ3v) is 4.83. The largest absolute Gasteiger partial charge is 0.215 e. The van der Waals surface area contributed by atoms with Gasteiger partial charge in [0.1, 0.15) is 0 Å². The first-order valence-corrected chi connectivity index (χ1v) is 7.75. The maximum absolute atomic E-state index is 11.3.